The van der Waals surface area contributed by atoms with E-state index in [-0.39, 0.29) is 0 Å². The summed E-state index contributed by atoms with van der Waals surface area (Å²) in [6.07, 6.45) is 4.00. The molecule has 0 aliphatic carbocycles. The predicted molar refractivity (Wildman–Crippen MR) is 77.0 cm³/mol. The third-order valence-electron chi connectivity index (χ3n) is 2.89. The van der Waals surface area contributed by atoms with Crippen molar-refractivity contribution in [2.75, 3.05) is 26.3 Å². The lowest BCUT2D eigenvalue weighted by Crippen LogP contribution is -2.24. The molecule has 0 unspecified atom stereocenters. The molecule has 4 nitrogen and oxygen atoms in total. The summed E-state index contributed by atoms with van der Waals surface area (Å²) in [5.74, 6) is 0. The van der Waals surface area contributed by atoms with Crippen molar-refractivity contribution in [3.05, 3.63) is 42.7 Å². The molecule has 0 saturated carbocycles. The summed E-state index contributed by atoms with van der Waals surface area (Å²) in [5.41, 5.74) is 2.37. The lowest BCUT2D eigenvalue weighted by Gasteiger charge is -2.04. The van der Waals surface area contributed by atoms with Crippen LogP contribution in [0.1, 0.15) is 6.92 Å². The molecule has 1 aromatic carbocycles. The van der Waals surface area contributed by atoms with Gasteiger partial charge in [0.2, 0.25) is 0 Å². The van der Waals surface area contributed by atoms with Crippen LogP contribution in [-0.2, 0) is 11.3 Å². The number of hydrogen-bond donors (Lipinski definition) is 1. The van der Waals surface area contributed by atoms with E-state index < -0.39 is 0 Å². The van der Waals surface area contributed by atoms with Crippen LogP contribution in [0.5, 0.6) is 0 Å². The largest absolute Gasteiger partial charge is 0.380 e. The van der Waals surface area contributed by atoms with Gasteiger partial charge in [0.1, 0.15) is 0 Å². The summed E-state index contributed by atoms with van der Waals surface area (Å²) in [5, 5.41) is 7.70. The van der Waals surface area contributed by atoms with Gasteiger partial charge in [0.25, 0.3) is 0 Å². The van der Waals surface area contributed by atoms with Crippen molar-refractivity contribution in [3.8, 4) is 11.1 Å². The highest BCUT2D eigenvalue weighted by atomic mass is 16.5. The molecule has 0 bridgehead atoms. The van der Waals surface area contributed by atoms with Crippen molar-refractivity contribution >= 4 is 0 Å². The minimum absolute atomic E-state index is 0.769. The second-order valence-corrected chi connectivity index (χ2v) is 4.31. The maximum absolute atomic E-state index is 5.26. The van der Waals surface area contributed by atoms with Gasteiger partial charge < -0.3 is 10.1 Å². The topological polar surface area (TPSA) is 39.1 Å². The monoisotopic (exact) mass is 259 g/mol. The summed E-state index contributed by atoms with van der Waals surface area (Å²) in [4.78, 5) is 0. The molecule has 0 saturated heterocycles. The highest BCUT2D eigenvalue weighted by molar-refractivity contribution is 5.61. The van der Waals surface area contributed by atoms with E-state index in [1.165, 1.54) is 5.56 Å². The Labute approximate surface area is 114 Å². The third kappa shape index (κ3) is 4.50. The SMILES string of the molecule is CCOCCNCCn1cc(-c2ccccc2)cn1. The first kappa shape index (κ1) is 13.8. The van der Waals surface area contributed by atoms with Gasteiger partial charge in [-0.1, -0.05) is 30.3 Å². The molecular formula is C15H21N3O. The van der Waals surface area contributed by atoms with E-state index >= 15 is 0 Å². The fourth-order valence-corrected chi connectivity index (χ4v) is 1.87. The van der Waals surface area contributed by atoms with E-state index in [4.69, 9.17) is 4.74 Å². The summed E-state index contributed by atoms with van der Waals surface area (Å²) in [7, 11) is 0. The Balaban J connectivity index is 1.75. The molecular weight excluding hydrogens is 238 g/mol. The number of nitrogens with zero attached hydrogens (tertiary/aromatic N) is 2. The molecule has 0 aliphatic heterocycles. The molecule has 0 fully saturated rings. The molecule has 2 aromatic rings. The number of hydrogen-bond acceptors (Lipinski definition) is 3. The number of rotatable bonds is 8. The summed E-state index contributed by atoms with van der Waals surface area (Å²) in [6.45, 7) is 6.23. The van der Waals surface area contributed by atoms with Crippen LogP contribution >= 0.6 is 0 Å². The second-order valence-electron chi connectivity index (χ2n) is 4.31. The van der Waals surface area contributed by atoms with Gasteiger partial charge in [-0.3, -0.25) is 4.68 Å². The number of nitrogens with one attached hydrogen (secondary N) is 1. The summed E-state index contributed by atoms with van der Waals surface area (Å²) in [6, 6.07) is 10.3. The molecule has 0 amide bonds. The normalized spacial score (nSPS) is 10.8. The average Bonchev–Trinajstić information content (AvgIpc) is 2.92. The minimum atomic E-state index is 0.769. The summed E-state index contributed by atoms with van der Waals surface area (Å²) >= 11 is 0. The Morgan fingerprint density at radius 1 is 1.16 bits per heavy atom. The zero-order chi connectivity index (χ0) is 13.3. The van der Waals surface area contributed by atoms with Crippen molar-refractivity contribution in [2.45, 2.75) is 13.5 Å². The Hall–Kier alpha value is -1.65. The van der Waals surface area contributed by atoms with E-state index in [0.717, 1.165) is 38.4 Å². The molecule has 1 N–H and O–H groups in total. The van der Waals surface area contributed by atoms with E-state index in [9.17, 15) is 0 Å². The van der Waals surface area contributed by atoms with Crippen molar-refractivity contribution < 1.29 is 4.74 Å². The van der Waals surface area contributed by atoms with Crippen LogP contribution in [0, 0.1) is 0 Å². The Bertz CT molecular complexity index is 467. The third-order valence-corrected chi connectivity index (χ3v) is 2.89. The zero-order valence-corrected chi connectivity index (χ0v) is 11.4. The van der Waals surface area contributed by atoms with Crippen molar-refractivity contribution in [2.24, 2.45) is 0 Å². The lowest BCUT2D eigenvalue weighted by atomic mass is 10.1. The molecule has 102 valence electrons. The van der Waals surface area contributed by atoms with Crippen LogP contribution < -0.4 is 5.32 Å². The zero-order valence-electron chi connectivity index (χ0n) is 11.4. The van der Waals surface area contributed by atoms with Crippen LogP contribution in [0.2, 0.25) is 0 Å². The van der Waals surface area contributed by atoms with E-state index in [1.54, 1.807) is 0 Å². The van der Waals surface area contributed by atoms with Gasteiger partial charge in [-0.05, 0) is 12.5 Å². The minimum Gasteiger partial charge on any atom is -0.380 e. The molecule has 19 heavy (non-hydrogen) atoms. The van der Waals surface area contributed by atoms with Crippen LogP contribution in [0.15, 0.2) is 42.7 Å². The van der Waals surface area contributed by atoms with Crippen molar-refractivity contribution in [1.82, 2.24) is 15.1 Å². The lowest BCUT2D eigenvalue weighted by molar-refractivity contribution is 0.149. The standard InChI is InChI=1S/C15H21N3O/c1-2-19-11-9-16-8-10-18-13-15(12-17-18)14-6-4-3-5-7-14/h3-7,12-13,16H,2,8-11H2,1H3. The van der Waals surface area contributed by atoms with Crippen LogP contribution in [0.25, 0.3) is 11.1 Å². The van der Waals surface area contributed by atoms with Crippen molar-refractivity contribution in [3.63, 3.8) is 0 Å². The van der Waals surface area contributed by atoms with Gasteiger partial charge in [0.15, 0.2) is 0 Å². The molecule has 0 aliphatic rings. The van der Waals surface area contributed by atoms with Crippen molar-refractivity contribution in [1.29, 1.82) is 0 Å². The van der Waals surface area contributed by atoms with E-state index in [2.05, 4.69) is 28.7 Å². The Morgan fingerprint density at radius 2 is 2.00 bits per heavy atom. The van der Waals surface area contributed by atoms with E-state index in [1.807, 2.05) is 36.0 Å². The van der Waals surface area contributed by atoms with Crippen LogP contribution in [-0.4, -0.2) is 36.1 Å². The van der Waals surface area contributed by atoms with Gasteiger partial charge in [-0.15, -0.1) is 0 Å². The fraction of sp³-hybridized carbons (Fsp3) is 0.400. The highest BCUT2D eigenvalue weighted by Gasteiger charge is 2.00. The predicted octanol–water partition coefficient (Wildman–Crippen LogP) is 2.18. The molecule has 0 radical (unpaired) electrons. The average molecular weight is 259 g/mol. The van der Waals surface area contributed by atoms with E-state index in [0.29, 0.717) is 0 Å². The van der Waals surface area contributed by atoms with Crippen LogP contribution in [0.4, 0.5) is 0 Å². The maximum atomic E-state index is 5.26. The van der Waals surface area contributed by atoms with Gasteiger partial charge >= 0.3 is 0 Å². The van der Waals surface area contributed by atoms with Gasteiger partial charge in [0, 0.05) is 31.5 Å². The highest BCUT2D eigenvalue weighted by Crippen LogP contribution is 2.17. The fourth-order valence-electron chi connectivity index (χ4n) is 1.87. The van der Waals surface area contributed by atoms with Gasteiger partial charge in [0.05, 0.1) is 19.3 Å². The number of aromatic nitrogens is 2. The smallest absolute Gasteiger partial charge is 0.0590 e. The molecule has 4 heteroatoms. The van der Waals surface area contributed by atoms with Gasteiger partial charge in [-0.2, -0.15) is 5.10 Å². The second kappa shape index (κ2) is 7.71. The van der Waals surface area contributed by atoms with Crippen LogP contribution in [0.3, 0.4) is 0 Å². The number of benzene rings is 1. The Kier molecular flexibility index (Phi) is 5.59. The first-order valence-electron chi connectivity index (χ1n) is 6.76. The molecule has 0 atom stereocenters. The molecule has 1 heterocycles. The first-order valence-corrected chi connectivity index (χ1v) is 6.76. The molecule has 2 rings (SSSR count). The summed E-state index contributed by atoms with van der Waals surface area (Å²) < 4.78 is 7.23. The molecule has 0 spiro atoms. The Morgan fingerprint density at radius 3 is 2.79 bits per heavy atom. The van der Waals surface area contributed by atoms with Gasteiger partial charge in [-0.25, -0.2) is 0 Å². The number of ether oxygens (including phenoxy) is 1. The molecule has 1 aromatic heterocycles. The first-order chi connectivity index (χ1) is 9.40. The maximum Gasteiger partial charge on any atom is 0.0590 e. The quantitative estimate of drug-likeness (QED) is 0.739.